The highest BCUT2D eigenvalue weighted by Gasteiger charge is 2.32. The molecule has 1 aromatic heterocycles. The van der Waals surface area contributed by atoms with E-state index < -0.39 is 32.6 Å². The first kappa shape index (κ1) is 32.8. The van der Waals surface area contributed by atoms with Crippen LogP contribution < -0.4 is 4.31 Å². The summed E-state index contributed by atoms with van der Waals surface area (Å²) in [4.78, 5) is 15.5. The second kappa shape index (κ2) is 13.0. The average Bonchev–Trinajstić information content (AvgIpc) is 3.41. The molecular formula is C33H24Cl2F3N3O4S. The van der Waals surface area contributed by atoms with E-state index in [9.17, 15) is 31.5 Å². The number of nitrogens with zero attached hydrogens (tertiary/aromatic N) is 3. The lowest BCUT2D eigenvalue weighted by atomic mass is 10.1. The standard InChI is InChI=1S/C33H24Cl2F3N3O4S/c1-40(46(44,45)27-4-2-3-24(17-27)33(36,37)38)26-13-7-21(8-14-26)9-16-31-39-30(28-15-12-25(34)18-29(28)35)20-41(31)19-22-5-10-23(11-6-22)32(42)43/h2-18,20H,19H2,1H3,(H,42,43). The number of aromatic carboxylic acids is 1. The van der Waals surface area contributed by atoms with Crippen molar-refractivity contribution >= 4 is 57.0 Å². The second-order valence-electron chi connectivity index (χ2n) is 10.2. The van der Waals surface area contributed by atoms with Gasteiger partial charge in [-0.1, -0.05) is 59.6 Å². The van der Waals surface area contributed by atoms with Gasteiger partial charge in [0.25, 0.3) is 10.0 Å². The van der Waals surface area contributed by atoms with Gasteiger partial charge in [0.1, 0.15) is 5.82 Å². The van der Waals surface area contributed by atoms with E-state index in [0.29, 0.717) is 45.3 Å². The zero-order valence-electron chi connectivity index (χ0n) is 23.9. The first-order valence-electron chi connectivity index (χ1n) is 13.5. The maximum Gasteiger partial charge on any atom is 0.416 e. The van der Waals surface area contributed by atoms with Gasteiger partial charge >= 0.3 is 12.1 Å². The van der Waals surface area contributed by atoms with Gasteiger partial charge in [-0.3, -0.25) is 4.31 Å². The molecule has 0 fully saturated rings. The number of alkyl halides is 3. The van der Waals surface area contributed by atoms with E-state index >= 15 is 0 Å². The normalized spacial score (nSPS) is 12.0. The number of carbonyl (C=O) groups is 1. The number of sulfonamides is 1. The van der Waals surface area contributed by atoms with Crippen LogP contribution in [-0.4, -0.2) is 36.1 Å². The van der Waals surface area contributed by atoms with E-state index in [0.717, 1.165) is 28.1 Å². The molecule has 0 aliphatic heterocycles. The van der Waals surface area contributed by atoms with Crippen LogP contribution in [0.2, 0.25) is 10.0 Å². The quantitative estimate of drug-likeness (QED) is 0.168. The van der Waals surface area contributed by atoms with E-state index in [1.165, 1.54) is 19.2 Å². The van der Waals surface area contributed by atoms with Gasteiger partial charge in [0.05, 0.1) is 32.4 Å². The van der Waals surface area contributed by atoms with Gasteiger partial charge in [0.2, 0.25) is 0 Å². The first-order chi connectivity index (χ1) is 21.7. The smallest absolute Gasteiger partial charge is 0.416 e. The highest BCUT2D eigenvalue weighted by Crippen LogP contribution is 2.33. The van der Waals surface area contributed by atoms with E-state index in [2.05, 4.69) is 0 Å². The summed E-state index contributed by atoms with van der Waals surface area (Å²) in [5, 5.41) is 10.1. The Labute approximate surface area is 272 Å². The number of imidazole rings is 1. The Morgan fingerprint density at radius 1 is 0.957 bits per heavy atom. The van der Waals surface area contributed by atoms with Crippen molar-refractivity contribution in [2.75, 3.05) is 11.4 Å². The predicted octanol–water partition coefficient (Wildman–Crippen LogP) is 8.62. The first-order valence-corrected chi connectivity index (χ1v) is 15.7. The number of anilines is 1. The minimum Gasteiger partial charge on any atom is -0.478 e. The summed E-state index contributed by atoms with van der Waals surface area (Å²) in [5.41, 5.74) is 2.13. The fraction of sp³-hybridized carbons (Fsp3) is 0.0909. The van der Waals surface area contributed by atoms with E-state index in [1.54, 1.807) is 66.7 Å². The van der Waals surface area contributed by atoms with Crippen molar-refractivity contribution in [2.24, 2.45) is 0 Å². The molecule has 0 saturated heterocycles. The third kappa shape index (κ3) is 7.28. The average molecular weight is 687 g/mol. The lowest BCUT2D eigenvalue weighted by Crippen LogP contribution is -2.26. The van der Waals surface area contributed by atoms with Crippen LogP contribution in [0.4, 0.5) is 18.9 Å². The van der Waals surface area contributed by atoms with Crippen molar-refractivity contribution in [1.29, 1.82) is 0 Å². The van der Waals surface area contributed by atoms with Crippen LogP contribution in [0.25, 0.3) is 23.4 Å². The van der Waals surface area contributed by atoms with Crippen molar-refractivity contribution in [3.63, 3.8) is 0 Å². The fourth-order valence-corrected chi connectivity index (χ4v) is 6.31. The van der Waals surface area contributed by atoms with Crippen LogP contribution in [-0.2, 0) is 22.7 Å². The zero-order valence-corrected chi connectivity index (χ0v) is 26.2. The third-order valence-corrected chi connectivity index (χ3v) is 9.40. The summed E-state index contributed by atoms with van der Waals surface area (Å²) in [7, 11) is -3.00. The second-order valence-corrected chi connectivity index (χ2v) is 13.0. The molecule has 4 aromatic carbocycles. The van der Waals surface area contributed by atoms with Crippen molar-refractivity contribution < 1.29 is 31.5 Å². The molecule has 1 N–H and O–H groups in total. The van der Waals surface area contributed by atoms with Crippen LogP contribution in [0, 0.1) is 0 Å². The molecule has 5 rings (SSSR count). The molecule has 0 saturated carbocycles. The number of hydrogen-bond donors (Lipinski definition) is 1. The molecule has 7 nitrogen and oxygen atoms in total. The molecule has 46 heavy (non-hydrogen) atoms. The zero-order chi connectivity index (χ0) is 33.2. The number of hydrogen-bond acceptors (Lipinski definition) is 4. The van der Waals surface area contributed by atoms with Crippen LogP contribution in [0.3, 0.4) is 0 Å². The molecule has 1 heterocycles. The van der Waals surface area contributed by atoms with Gasteiger partial charge in [-0.15, -0.1) is 0 Å². The summed E-state index contributed by atoms with van der Waals surface area (Å²) >= 11 is 12.5. The molecule has 236 valence electrons. The molecule has 0 aliphatic carbocycles. The minimum absolute atomic E-state index is 0.167. The summed E-state index contributed by atoms with van der Waals surface area (Å²) in [6.45, 7) is 0.370. The van der Waals surface area contributed by atoms with E-state index in [4.69, 9.17) is 28.2 Å². The topological polar surface area (TPSA) is 92.5 Å². The number of halogens is 5. The highest BCUT2D eigenvalue weighted by atomic mass is 35.5. The lowest BCUT2D eigenvalue weighted by molar-refractivity contribution is -0.137. The Kier molecular flexibility index (Phi) is 9.29. The number of carboxylic acid groups (broad SMARTS) is 1. The molecule has 0 radical (unpaired) electrons. The minimum atomic E-state index is -4.68. The van der Waals surface area contributed by atoms with E-state index in [-0.39, 0.29) is 11.3 Å². The van der Waals surface area contributed by atoms with Crippen LogP contribution >= 0.6 is 23.2 Å². The molecule has 0 aliphatic rings. The SMILES string of the molecule is CN(c1ccc(C=Cc2nc(-c3ccc(Cl)cc3Cl)cn2Cc2ccc(C(=O)O)cc2)cc1)S(=O)(=O)c1cccc(C(F)(F)F)c1. The third-order valence-electron chi connectivity index (χ3n) is 7.07. The predicted molar refractivity (Wildman–Crippen MR) is 173 cm³/mol. The molecule has 5 aromatic rings. The van der Waals surface area contributed by atoms with Gasteiger partial charge in [-0.2, -0.15) is 13.2 Å². The Morgan fingerprint density at radius 2 is 1.65 bits per heavy atom. The van der Waals surface area contributed by atoms with Crippen molar-refractivity contribution in [1.82, 2.24) is 9.55 Å². The Morgan fingerprint density at radius 3 is 2.28 bits per heavy atom. The van der Waals surface area contributed by atoms with E-state index in [1.807, 2.05) is 10.8 Å². The molecular weight excluding hydrogens is 662 g/mol. The van der Waals surface area contributed by atoms with Gasteiger partial charge < -0.3 is 9.67 Å². The number of benzene rings is 4. The highest BCUT2D eigenvalue weighted by molar-refractivity contribution is 7.92. The largest absolute Gasteiger partial charge is 0.478 e. The summed E-state index contributed by atoms with van der Waals surface area (Å²) in [6.07, 6.45) is 0.665. The summed E-state index contributed by atoms with van der Waals surface area (Å²) in [6, 6.07) is 21.6. The lowest BCUT2D eigenvalue weighted by Gasteiger charge is -2.20. The van der Waals surface area contributed by atoms with Crippen molar-refractivity contribution in [2.45, 2.75) is 17.6 Å². The molecule has 13 heteroatoms. The number of carboxylic acids is 1. The number of aromatic nitrogens is 2. The van der Waals surface area contributed by atoms with Gasteiger partial charge in [0, 0.05) is 30.4 Å². The van der Waals surface area contributed by atoms with Gasteiger partial charge in [-0.05, 0) is 77.9 Å². The number of rotatable bonds is 9. The summed E-state index contributed by atoms with van der Waals surface area (Å²) < 4.78 is 68.5. The summed E-state index contributed by atoms with van der Waals surface area (Å²) in [5.74, 6) is -0.473. The molecule has 0 atom stereocenters. The maximum absolute atomic E-state index is 13.2. The molecule has 0 amide bonds. The van der Waals surface area contributed by atoms with Crippen molar-refractivity contribution in [3.05, 3.63) is 135 Å². The molecule has 0 spiro atoms. The van der Waals surface area contributed by atoms with Crippen LogP contribution in [0.5, 0.6) is 0 Å². The Bertz CT molecular complexity index is 2040. The van der Waals surface area contributed by atoms with Gasteiger partial charge in [-0.25, -0.2) is 18.2 Å². The monoisotopic (exact) mass is 685 g/mol. The molecule has 0 unspecified atom stereocenters. The fourth-order valence-electron chi connectivity index (χ4n) is 4.56. The maximum atomic E-state index is 13.2. The van der Waals surface area contributed by atoms with Gasteiger partial charge in [0.15, 0.2) is 0 Å². The molecule has 0 bridgehead atoms. The van der Waals surface area contributed by atoms with Crippen molar-refractivity contribution in [3.8, 4) is 11.3 Å². The Balaban J connectivity index is 1.42. The van der Waals surface area contributed by atoms with Crippen LogP contribution in [0.15, 0.2) is 102 Å². The van der Waals surface area contributed by atoms with Crippen LogP contribution in [0.1, 0.15) is 32.9 Å². The Hall–Kier alpha value is -4.58.